The smallest absolute Gasteiger partial charge is 0.419 e. The summed E-state index contributed by atoms with van der Waals surface area (Å²) in [6, 6.07) is 34.6. The van der Waals surface area contributed by atoms with Gasteiger partial charge in [-0.2, -0.15) is 0 Å². The Hall–Kier alpha value is -9.61. The molecular weight excluding hydrogens is 1070 g/mol. The average molecular weight is 1120 g/mol. The van der Waals surface area contributed by atoms with Crippen LogP contribution in [0.5, 0.6) is 69.0 Å². The number of benzene rings is 6. The van der Waals surface area contributed by atoms with E-state index in [-0.39, 0.29) is 69.0 Å². The zero-order chi connectivity index (χ0) is 55.7. The number of hydrogen-bond donors (Lipinski definition) is 2. The van der Waals surface area contributed by atoms with Crippen LogP contribution in [0.15, 0.2) is 226 Å². The second kappa shape index (κ2) is 25.8. The Kier molecular flexibility index (Phi) is 18.5. The van der Waals surface area contributed by atoms with Crippen LogP contribution in [0.1, 0.15) is 0 Å². The van der Waals surface area contributed by atoms with Gasteiger partial charge in [-0.15, -0.1) is 0 Å². The maximum absolute atomic E-state index is 13.0. The van der Waals surface area contributed by atoms with Gasteiger partial charge >= 0.3 is 59.5 Å². The predicted octanol–water partition coefficient (Wildman–Crippen LogP) is 11.5. The predicted molar refractivity (Wildman–Crippen MR) is 287 cm³/mol. The second-order valence-electron chi connectivity index (χ2n) is 14.9. The molecule has 6 aromatic carbocycles. The van der Waals surface area contributed by atoms with Crippen LogP contribution in [0.3, 0.4) is 0 Å². The summed E-state index contributed by atoms with van der Waals surface area (Å²) in [5.41, 5.74) is 0. The van der Waals surface area contributed by atoms with Crippen LogP contribution in [0.2, 0.25) is 0 Å². The van der Waals surface area contributed by atoms with Crippen molar-refractivity contribution in [2.24, 2.45) is 4.52 Å². The number of carbonyl (C=O) groups excluding carboxylic acids is 6. The number of para-hydroxylation sites is 12. The lowest BCUT2D eigenvalue weighted by Gasteiger charge is -2.34. The summed E-state index contributed by atoms with van der Waals surface area (Å²) in [5, 5.41) is 0. The van der Waals surface area contributed by atoms with Crippen molar-refractivity contribution in [3.63, 3.8) is 0 Å². The minimum atomic E-state index is -5.00. The van der Waals surface area contributed by atoms with E-state index >= 15 is 0 Å². The van der Waals surface area contributed by atoms with E-state index in [1.54, 1.807) is 0 Å². The van der Waals surface area contributed by atoms with Gasteiger partial charge in [0.05, 0.1) is 4.52 Å². The molecular formula is C54H44N3O18P3+2. The molecule has 396 valence electrons. The maximum Gasteiger partial charge on any atom is 0.617 e. The zero-order valence-corrected chi connectivity index (χ0v) is 43.4. The first-order chi connectivity index (χ1) is 37.6. The highest BCUT2D eigenvalue weighted by atomic mass is 31.3. The number of esters is 6. The number of ether oxygens (including phenoxy) is 6. The molecule has 0 saturated heterocycles. The van der Waals surface area contributed by atoms with Crippen LogP contribution in [-0.4, -0.2) is 35.8 Å². The van der Waals surface area contributed by atoms with Gasteiger partial charge in [0.1, 0.15) is 4.86 Å². The number of carbonyl (C=O) groups is 6. The molecule has 1 aliphatic rings. The van der Waals surface area contributed by atoms with Crippen LogP contribution in [0, 0.1) is 0 Å². The van der Waals surface area contributed by atoms with Crippen LogP contribution >= 0.6 is 23.7 Å². The molecule has 0 saturated carbocycles. The average Bonchev–Trinajstić information content (AvgIpc) is 3.60. The molecule has 0 unspecified atom stereocenters. The van der Waals surface area contributed by atoms with Gasteiger partial charge < -0.3 is 37.5 Å². The van der Waals surface area contributed by atoms with Crippen molar-refractivity contribution in [2.75, 3.05) is 0 Å². The van der Waals surface area contributed by atoms with Crippen LogP contribution < -0.4 is 65.3 Å². The third-order valence-corrected chi connectivity index (χ3v) is 18.1. The van der Waals surface area contributed by atoms with Gasteiger partial charge in [-0.25, -0.2) is 28.8 Å². The highest BCUT2D eigenvalue weighted by Gasteiger charge is 2.76. The van der Waals surface area contributed by atoms with E-state index in [2.05, 4.69) is 49.2 Å². The topological polar surface area (TPSA) is 250 Å². The molecule has 0 aliphatic carbocycles. The largest absolute Gasteiger partial charge is 0.617 e. The summed E-state index contributed by atoms with van der Waals surface area (Å²) in [5.74, 6) is -8.61. The van der Waals surface area contributed by atoms with Gasteiger partial charge in [-0.3, -0.25) is 18.1 Å². The van der Waals surface area contributed by atoms with Crippen molar-refractivity contribution < 1.29 is 84.3 Å². The molecule has 0 radical (unpaired) electrons. The summed E-state index contributed by atoms with van der Waals surface area (Å²) in [6.45, 7) is 21.0. The molecule has 7 rings (SSSR count). The Balaban J connectivity index is 1.67. The van der Waals surface area contributed by atoms with E-state index < -0.39 is 59.5 Å². The molecule has 6 aromatic rings. The van der Waals surface area contributed by atoms with E-state index in [4.69, 9.17) is 60.1 Å². The van der Waals surface area contributed by atoms with E-state index in [9.17, 15) is 28.8 Å². The number of nitrogens with one attached hydrogen (secondary N) is 2. The minimum absolute atomic E-state index is 0.230. The van der Waals surface area contributed by atoms with Crippen LogP contribution in [-0.2, 0) is 28.8 Å². The lowest BCUT2D eigenvalue weighted by Crippen LogP contribution is -2.41. The third-order valence-electron chi connectivity index (χ3n) is 9.45. The number of hydrogen-bond acceptors (Lipinski definition) is 21. The SMILES string of the molecule is C=CC(=O)Oc1ccccc1OP1(Oc2ccccc2OC(=O)C=C)=N[P+](Oc2ccccc2OC(=O)C=C)(Oc2ccccc2OC(=O)C=C)N[P+](Oc2ccccc2OC(=O)C=C)(Oc2ccccc2OC(=O)C=C)N1. The molecule has 1 aliphatic heterocycles. The Morgan fingerprint density at radius 3 is 0.821 bits per heavy atom. The molecule has 0 amide bonds. The summed E-state index contributed by atoms with van der Waals surface area (Å²) in [4.78, 5) is 84.1. The molecule has 1 heterocycles. The first kappa shape index (κ1) is 56.1. The van der Waals surface area contributed by atoms with Crippen molar-refractivity contribution in [3.05, 3.63) is 222 Å². The maximum atomic E-state index is 13.0. The lowest BCUT2D eigenvalue weighted by atomic mass is 10.3. The third kappa shape index (κ3) is 14.4. The van der Waals surface area contributed by atoms with Gasteiger partial charge in [0.2, 0.25) is 23.0 Å². The molecule has 0 atom stereocenters. The standard InChI is InChI=1S/C54H44N3O18P3/c1-7-49(58)64-37-25-13-19-31-43(37)70-76(71-44-32-20-14-26-38(44)65-50(59)8-2)55-77(72-45-33-21-15-27-39(45)66-51(60)9-3,73-46-34-22-16-28-40(46)67-52(61)10-4)57-78(56-76,74-47-35-23-17-29-41(47)68-53(62)11-5)75-48-36-24-18-30-42(48)69-54(63)12-6/h7-36,55-56H,1-6H2/q+2. The van der Waals surface area contributed by atoms with Gasteiger partial charge in [-0.1, -0.05) is 112 Å². The fourth-order valence-corrected chi connectivity index (χ4v) is 16.3. The number of rotatable bonds is 24. The second-order valence-corrected chi connectivity index (χ2v) is 21.5. The fourth-order valence-electron chi connectivity index (χ4n) is 6.21. The summed E-state index contributed by atoms with van der Waals surface area (Å²) < 4.78 is 80.9. The van der Waals surface area contributed by atoms with Crippen LogP contribution in [0.25, 0.3) is 0 Å². The quantitative estimate of drug-likeness (QED) is 0.0247. The van der Waals surface area contributed by atoms with E-state index in [0.717, 1.165) is 36.5 Å². The molecule has 21 nitrogen and oxygen atoms in total. The minimum Gasteiger partial charge on any atom is -0.419 e. The summed E-state index contributed by atoms with van der Waals surface area (Å²) in [7, 11) is -14.9. The molecule has 78 heavy (non-hydrogen) atoms. The van der Waals surface area contributed by atoms with Gasteiger partial charge in [-0.05, 0) is 72.8 Å². The number of nitrogens with zero attached hydrogens (tertiary/aromatic N) is 1. The van der Waals surface area contributed by atoms with Gasteiger partial charge in [0.15, 0.2) is 46.0 Å². The molecule has 0 spiro atoms. The Morgan fingerprint density at radius 1 is 0.346 bits per heavy atom. The van der Waals surface area contributed by atoms with E-state index in [1.165, 1.54) is 146 Å². The van der Waals surface area contributed by atoms with Gasteiger partial charge in [0, 0.05) is 41.3 Å². The summed E-state index contributed by atoms with van der Waals surface area (Å²) >= 11 is 0. The fraction of sp³-hybridized carbons (Fsp3) is 0. The van der Waals surface area contributed by atoms with Crippen molar-refractivity contribution in [1.29, 1.82) is 0 Å². The van der Waals surface area contributed by atoms with Crippen molar-refractivity contribution in [3.8, 4) is 69.0 Å². The normalized spacial score (nSPS) is 13.3. The monoisotopic (exact) mass is 1120 g/mol. The first-order valence-corrected chi connectivity index (χ1v) is 27.2. The first-order valence-electron chi connectivity index (χ1n) is 22.4. The lowest BCUT2D eigenvalue weighted by molar-refractivity contribution is -0.129. The molecule has 0 fully saturated rings. The van der Waals surface area contributed by atoms with Crippen molar-refractivity contribution >= 4 is 59.5 Å². The Labute approximate surface area is 447 Å². The van der Waals surface area contributed by atoms with E-state index in [1.807, 2.05) is 0 Å². The zero-order valence-electron chi connectivity index (χ0n) is 40.7. The van der Waals surface area contributed by atoms with Crippen LogP contribution in [0.4, 0.5) is 0 Å². The molecule has 2 N–H and O–H groups in total. The Bertz CT molecular complexity index is 3210. The molecule has 0 aromatic heterocycles. The van der Waals surface area contributed by atoms with Crippen molar-refractivity contribution in [2.45, 2.75) is 0 Å². The highest BCUT2D eigenvalue weighted by Crippen LogP contribution is 2.81. The van der Waals surface area contributed by atoms with Crippen molar-refractivity contribution in [1.82, 2.24) is 9.72 Å². The Morgan fingerprint density at radius 2 is 0.564 bits per heavy atom. The summed E-state index contributed by atoms with van der Waals surface area (Å²) in [6.07, 6.45) is 5.38. The molecule has 0 bridgehead atoms. The highest BCUT2D eigenvalue weighted by molar-refractivity contribution is 7.89. The van der Waals surface area contributed by atoms with E-state index in [0.29, 0.717) is 0 Å². The molecule has 24 heteroatoms. The van der Waals surface area contributed by atoms with Gasteiger partial charge in [0.25, 0.3) is 0 Å².